The topological polar surface area (TPSA) is 78.0 Å². The minimum Gasteiger partial charge on any atom is -0.496 e. The highest BCUT2D eigenvalue weighted by Crippen LogP contribution is 2.31. The molecule has 0 spiro atoms. The quantitative estimate of drug-likeness (QED) is 0.327. The van der Waals surface area contributed by atoms with Crippen LogP contribution in [0.2, 0.25) is 0 Å². The number of para-hydroxylation sites is 1. The zero-order valence-corrected chi connectivity index (χ0v) is 19.3. The van der Waals surface area contributed by atoms with E-state index in [9.17, 15) is 4.79 Å². The molecule has 1 fully saturated rings. The first-order valence-electron chi connectivity index (χ1n) is 11.0. The number of hydrogen-bond donors (Lipinski definition) is 3. The summed E-state index contributed by atoms with van der Waals surface area (Å²) in [5, 5.41) is 9.59. The van der Waals surface area contributed by atoms with Crippen LogP contribution in [0.3, 0.4) is 0 Å². The molecule has 1 aromatic rings. The van der Waals surface area contributed by atoms with Crippen molar-refractivity contribution in [2.75, 3.05) is 46.4 Å². The maximum Gasteiger partial charge on any atom is 0.225 e. The van der Waals surface area contributed by atoms with Gasteiger partial charge in [0.1, 0.15) is 5.75 Å². The number of amides is 1. The van der Waals surface area contributed by atoms with Gasteiger partial charge < -0.3 is 20.7 Å². The first-order chi connectivity index (χ1) is 14.4. The summed E-state index contributed by atoms with van der Waals surface area (Å²) in [5.74, 6) is 1.73. The lowest BCUT2D eigenvalue weighted by molar-refractivity contribution is -0.128. The number of nitrogens with one attached hydrogen (secondary N) is 3. The molecule has 7 heteroatoms. The molecule has 1 amide bonds. The van der Waals surface area contributed by atoms with Crippen molar-refractivity contribution in [1.82, 2.24) is 20.9 Å². The highest BCUT2D eigenvalue weighted by atomic mass is 16.5. The summed E-state index contributed by atoms with van der Waals surface area (Å²) in [4.78, 5) is 19.4. The number of nitrogens with zero attached hydrogens (tertiary/aromatic N) is 2. The molecule has 0 saturated carbocycles. The lowest BCUT2D eigenvalue weighted by Gasteiger charge is -2.28. The predicted molar refractivity (Wildman–Crippen MR) is 123 cm³/mol. The molecule has 1 aliphatic heterocycles. The molecule has 0 bridgehead atoms. The summed E-state index contributed by atoms with van der Waals surface area (Å²) < 4.78 is 5.62. The van der Waals surface area contributed by atoms with Crippen LogP contribution >= 0.6 is 0 Å². The third kappa shape index (κ3) is 7.20. The standard InChI is InChI=1S/C23H39N5O2/c1-6-24-22(26-14-13-25-21(29)23(2,3)4)27-17-19(28-15-9-10-16-28)18-11-7-8-12-20(18)30-5/h7-8,11-12,19H,6,9-10,13-17H2,1-5H3,(H,25,29)(H2,24,26,27). The van der Waals surface area contributed by atoms with Gasteiger partial charge in [0.05, 0.1) is 19.7 Å². The van der Waals surface area contributed by atoms with E-state index in [-0.39, 0.29) is 17.4 Å². The minimum atomic E-state index is -0.379. The molecule has 3 N–H and O–H groups in total. The Morgan fingerprint density at radius 1 is 1.13 bits per heavy atom. The second-order valence-electron chi connectivity index (χ2n) is 8.65. The summed E-state index contributed by atoms with van der Waals surface area (Å²) in [5.41, 5.74) is 0.801. The molecule has 7 nitrogen and oxygen atoms in total. The highest BCUT2D eigenvalue weighted by Gasteiger charge is 2.26. The lowest BCUT2D eigenvalue weighted by Crippen LogP contribution is -2.43. The van der Waals surface area contributed by atoms with Gasteiger partial charge in [-0.3, -0.25) is 14.7 Å². The van der Waals surface area contributed by atoms with Crippen molar-refractivity contribution in [3.8, 4) is 5.75 Å². The molecule has 2 rings (SSSR count). The highest BCUT2D eigenvalue weighted by molar-refractivity contribution is 5.81. The number of hydrogen-bond acceptors (Lipinski definition) is 4. The van der Waals surface area contributed by atoms with Crippen LogP contribution in [0, 0.1) is 5.41 Å². The fraction of sp³-hybridized carbons (Fsp3) is 0.652. The first kappa shape index (κ1) is 24.0. The first-order valence-corrected chi connectivity index (χ1v) is 11.0. The third-order valence-corrected chi connectivity index (χ3v) is 5.23. The van der Waals surface area contributed by atoms with E-state index in [1.165, 1.54) is 18.4 Å². The third-order valence-electron chi connectivity index (χ3n) is 5.23. The van der Waals surface area contributed by atoms with Crippen molar-refractivity contribution in [3.63, 3.8) is 0 Å². The van der Waals surface area contributed by atoms with Gasteiger partial charge in [0.25, 0.3) is 0 Å². The average molecular weight is 418 g/mol. The van der Waals surface area contributed by atoms with Gasteiger partial charge in [-0.2, -0.15) is 0 Å². The second-order valence-corrected chi connectivity index (χ2v) is 8.65. The van der Waals surface area contributed by atoms with Crippen molar-refractivity contribution >= 4 is 11.9 Å². The molecule has 0 aromatic heterocycles. The molecule has 1 saturated heterocycles. The molecule has 1 aromatic carbocycles. The van der Waals surface area contributed by atoms with Crippen molar-refractivity contribution in [2.45, 2.75) is 46.6 Å². The van der Waals surface area contributed by atoms with Crippen LogP contribution in [0.1, 0.15) is 52.1 Å². The monoisotopic (exact) mass is 417 g/mol. The predicted octanol–water partition coefficient (Wildman–Crippen LogP) is 2.55. The number of guanidine groups is 1. The van der Waals surface area contributed by atoms with Crippen LogP contribution in [0.25, 0.3) is 0 Å². The Hall–Kier alpha value is -2.28. The Morgan fingerprint density at radius 3 is 2.43 bits per heavy atom. The zero-order valence-electron chi connectivity index (χ0n) is 19.3. The van der Waals surface area contributed by atoms with Gasteiger partial charge in [0, 0.05) is 30.6 Å². The molecule has 1 aliphatic rings. The lowest BCUT2D eigenvalue weighted by atomic mass is 9.96. The molecular formula is C23H39N5O2. The Bertz CT molecular complexity index is 693. The SMILES string of the molecule is CCNC(=NCC(c1ccccc1OC)N1CCCC1)NCCNC(=O)C(C)(C)C. The molecule has 1 unspecified atom stereocenters. The molecule has 1 heterocycles. The van der Waals surface area contributed by atoms with Crippen molar-refractivity contribution in [3.05, 3.63) is 29.8 Å². The maximum atomic E-state index is 12.0. The van der Waals surface area contributed by atoms with Crippen LogP contribution in [-0.2, 0) is 4.79 Å². The van der Waals surface area contributed by atoms with E-state index in [1.807, 2.05) is 32.9 Å². The Labute approximate surface area is 181 Å². The maximum absolute atomic E-state index is 12.0. The normalized spacial score (nSPS) is 16.2. The number of benzene rings is 1. The van der Waals surface area contributed by atoms with Crippen LogP contribution in [-0.4, -0.2) is 63.1 Å². The number of likely N-dealkylation sites (tertiary alicyclic amines) is 1. The number of carbonyl (C=O) groups is 1. The van der Waals surface area contributed by atoms with Crippen LogP contribution in [0.4, 0.5) is 0 Å². The van der Waals surface area contributed by atoms with E-state index >= 15 is 0 Å². The van der Waals surface area contributed by atoms with E-state index < -0.39 is 0 Å². The van der Waals surface area contributed by atoms with Gasteiger partial charge in [-0.1, -0.05) is 39.0 Å². The van der Waals surface area contributed by atoms with E-state index in [0.29, 0.717) is 19.6 Å². The van der Waals surface area contributed by atoms with E-state index in [2.05, 4.69) is 39.9 Å². The molecule has 168 valence electrons. The number of aliphatic imine (C=N–C) groups is 1. The van der Waals surface area contributed by atoms with Gasteiger partial charge in [-0.05, 0) is 38.9 Å². The van der Waals surface area contributed by atoms with Crippen LogP contribution in [0.15, 0.2) is 29.3 Å². The van der Waals surface area contributed by atoms with Crippen molar-refractivity contribution in [1.29, 1.82) is 0 Å². The van der Waals surface area contributed by atoms with Crippen LogP contribution < -0.4 is 20.7 Å². The number of carbonyl (C=O) groups excluding carboxylic acids is 1. The fourth-order valence-electron chi connectivity index (χ4n) is 3.55. The minimum absolute atomic E-state index is 0.0523. The summed E-state index contributed by atoms with van der Waals surface area (Å²) in [6.07, 6.45) is 2.45. The smallest absolute Gasteiger partial charge is 0.225 e. The second kappa shape index (κ2) is 11.8. The average Bonchev–Trinajstić information content (AvgIpc) is 3.25. The Balaban J connectivity index is 2.03. The number of ether oxygens (including phenoxy) is 1. The summed E-state index contributed by atoms with van der Waals surface area (Å²) in [6, 6.07) is 8.40. The molecule has 0 aliphatic carbocycles. The summed E-state index contributed by atoms with van der Waals surface area (Å²) >= 11 is 0. The van der Waals surface area contributed by atoms with Gasteiger partial charge in [-0.25, -0.2) is 0 Å². The molecular weight excluding hydrogens is 378 g/mol. The van der Waals surface area contributed by atoms with Crippen molar-refractivity contribution in [2.24, 2.45) is 10.4 Å². The van der Waals surface area contributed by atoms with E-state index in [1.54, 1.807) is 7.11 Å². The van der Waals surface area contributed by atoms with Crippen LogP contribution in [0.5, 0.6) is 5.75 Å². The van der Waals surface area contributed by atoms with Crippen molar-refractivity contribution < 1.29 is 9.53 Å². The van der Waals surface area contributed by atoms with Gasteiger partial charge >= 0.3 is 0 Å². The Kier molecular flexibility index (Phi) is 9.43. The largest absolute Gasteiger partial charge is 0.496 e. The van der Waals surface area contributed by atoms with E-state index in [4.69, 9.17) is 9.73 Å². The molecule has 0 radical (unpaired) electrons. The zero-order chi connectivity index (χ0) is 22.0. The van der Waals surface area contributed by atoms with Gasteiger partial charge in [-0.15, -0.1) is 0 Å². The summed E-state index contributed by atoms with van der Waals surface area (Å²) in [6.45, 7) is 12.6. The number of methoxy groups -OCH3 is 1. The molecule has 30 heavy (non-hydrogen) atoms. The van der Waals surface area contributed by atoms with Gasteiger partial charge in [0.2, 0.25) is 5.91 Å². The Morgan fingerprint density at radius 2 is 1.80 bits per heavy atom. The summed E-state index contributed by atoms with van der Waals surface area (Å²) in [7, 11) is 1.72. The van der Waals surface area contributed by atoms with Gasteiger partial charge in [0.15, 0.2) is 5.96 Å². The van der Waals surface area contributed by atoms with E-state index in [0.717, 1.165) is 31.3 Å². The molecule has 1 atom stereocenters. The fourth-order valence-corrected chi connectivity index (χ4v) is 3.55. The number of rotatable bonds is 9.